The molecular weight excluding hydrogens is 414 g/mol. The summed E-state index contributed by atoms with van der Waals surface area (Å²) in [7, 11) is -3.82. The molecule has 0 radical (unpaired) electrons. The minimum atomic E-state index is -3.82. The van der Waals surface area contributed by atoms with Crippen LogP contribution in [0, 0.1) is 13.8 Å². The number of aromatic nitrogens is 1. The van der Waals surface area contributed by atoms with Crippen molar-refractivity contribution in [3.8, 4) is 0 Å². The molecule has 2 aliphatic rings. The van der Waals surface area contributed by atoms with E-state index in [1.807, 2.05) is 54.6 Å². The number of carbonyl (C=O) groups is 1. The average molecular weight is 438 g/mol. The summed E-state index contributed by atoms with van der Waals surface area (Å²) in [6.07, 6.45) is 0.441. The van der Waals surface area contributed by atoms with E-state index in [0.717, 1.165) is 16.8 Å². The maximum absolute atomic E-state index is 13.8. The molecule has 0 saturated carbocycles. The summed E-state index contributed by atoms with van der Waals surface area (Å²) < 4.78 is 33.2. The highest BCUT2D eigenvalue weighted by Gasteiger charge is 2.58. The summed E-state index contributed by atoms with van der Waals surface area (Å²) in [6, 6.07) is 17.5. The molecule has 2 unspecified atom stereocenters. The van der Waals surface area contributed by atoms with E-state index in [9.17, 15) is 13.6 Å². The molecular formula is C23H23N3O4S. The molecule has 2 aliphatic heterocycles. The normalized spacial score (nSPS) is 22.8. The topological polar surface area (TPSA) is 89.7 Å². The first-order valence-electron chi connectivity index (χ1n) is 10.2. The molecule has 3 aromatic rings. The van der Waals surface area contributed by atoms with Gasteiger partial charge in [0.2, 0.25) is 10.8 Å². The molecule has 5 rings (SSSR count). The molecule has 31 heavy (non-hydrogen) atoms. The summed E-state index contributed by atoms with van der Waals surface area (Å²) in [5.41, 5.74) is 2.24. The Balaban J connectivity index is 1.52. The van der Waals surface area contributed by atoms with Crippen LogP contribution in [0.3, 0.4) is 0 Å². The molecule has 2 aromatic carbocycles. The zero-order valence-electron chi connectivity index (χ0n) is 17.4. The van der Waals surface area contributed by atoms with E-state index in [1.165, 1.54) is 4.31 Å². The molecule has 2 atom stereocenters. The molecule has 1 amide bonds. The third kappa shape index (κ3) is 2.97. The van der Waals surface area contributed by atoms with Crippen LogP contribution in [0.25, 0.3) is 0 Å². The highest BCUT2D eigenvalue weighted by atomic mass is 32.3. The van der Waals surface area contributed by atoms with Gasteiger partial charge in [-0.3, -0.25) is 4.79 Å². The Morgan fingerprint density at radius 1 is 1.13 bits per heavy atom. The predicted molar refractivity (Wildman–Crippen MR) is 115 cm³/mol. The Labute approximate surface area is 182 Å². The van der Waals surface area contributed by atoms with Gasteiger partial charge in [-0.15, -0.1) is 4.31 Å². The second-order valence-electron chi connectivity index (χ2n) is 8.22. The quantitative estimate of drug-likeness (QED) is 0.584. The number of aryl methyl sites for hydroxylation is 2. The van der Waals surface area contributed by atoms with Crippen molar-refractivity contribution in [3.63, 3.8) is 0 Å². The van der Waals surface area contributed by atoms with E-state index >= 15 is 0 Å². The molecule has 1 aromatic heterocycles. The number of para-hydroxylation sites is 1. The van der Waals surface area contributed by atoms with E-state index in [1.54, 1.807) is 18.7 Å². The van der Waals surface area contributed by atoms with Crippen molar-refractivity contribution in [2.45, 2.75) is 37.1 Å². The van der Waals surface area contributed by atoms with Gasteiger partial charge in [-0.05, 0) is 30.5 Å². The Kier molecular flexibility index (Phi) is 4.62. The molecule has 1 fully saturated rings. The third-order valence-corrected chi connectivity index (χ3v) is 8.44. The second kappa shape index (κ2) is 7.12. The number of benzene rings is 2. The summed E-state index contributed by atoms with van der Waals surface area (Å²) in [6.45, 7) is 4.05. The number of carbonyl (C=O) groups excluding carboxylic acids is 1. The zero-order chi connectivity index (χ0) is 21.8. The van der Waals surface area contributed by atoms with Gasteiger partial charge >= 0.3 is 0 Å². The summed E-state index contributed by atoms with van der Waals surface area (Å²) in [4.78, 5) is 15.6. The first-order chi connectivity index (χ1) is 14.8. The van der Waals surface area contributed by atoms with Crippen molar-refractivity contribution in [2.24, 2.45) is 0 Å². The number of hydrogen-bond acceptors (Lipinski definition) is 5. The summed E-state index contributed by atoms with van der Waals surface area (Å²) in [5, 5.41) is 3.80. The lowest BCUT2D eigenvalue weighted by molar-refractivity contribution is -0.122. The largest absolute Gasteiger partial charge is 0.593 e. The number of anilines is 1. The van der Waals surface area contributed by atoms with E-state index < -0.39 is 15.8 Å². The number of fused-ring (bicyclic) bond motifs is 2. The average Bonchev–Trinajstić information content (AvgIpc) is 3.42. The smallest absolute Gasteiger partial charge is 0.240 e. The lowest BCUT2D eigenvalue weighted by Gasteiger charge is -2.26. The number of nitrogens with zero attached hydrogens (tertiary/aromatic N) is 3. The van der Waals surface area contributed by atoms with Crippen LogP contribution in [0.5, 0.6) is 0 Å². The molecule has 3 heterocycles. The van der Waals surface area contributed by atoms with Crippen LogP contribution in [-0.4, -0.2) is 33.0 Å². The second-order valence-corrected chi connectivity index (χ2v) is 10.1. The predicted octanol–water partition coefficient (Wildman–Crippen LogP) is 3.39. The number of sulfonamides is 1. The third-order valence-electron chi connectivity index (χ3n) is 6.35. The van der Waals surface area contributed by atoms with Crippen LogP contribution < -0.4 is 4.90 Å². The van der Waals surface area contributed by atoms with E-state index in [0.29, 0.717) is 18.7 Å². The highest BCUT2D eigenvalue weighted by Crippen LogP contribution is 2.49. The molecule has 1 saturated heterocycles. The van der Waals surface area contributed by atoms with Gasteiger partial charge in [0, 0.05) is 19.2 Å². The van der Waals surface area contributed by atoms with Crippen LogP contribution in [0.15, 0.2) is 64.0 Å². The van der Waals surface area contributed by atoms with Gasteiger partial charge in [-0.2, -0.15) is 0 Å². The van der Waals surface area contributed by atoms with Crippen LogP contribution >= 0.6 is 0 Å². The minimum absolute atomic E-state index is 0.0472. The van der Waals surface area contributed by atoms with E-state index in [4.69, 9.17) is 4.52 Å². The fraction of sp³-hybridized carbons (Fsp3) is 0.304. The lowest BCUT2D eigenvalue weighted by Crippen LogP contribution is -2.44. The fourth-order valence-electron chi connectivity index (χ4n) is 4.87. The Morgan fingerprint density at radius 2 is 1.84 bits per heavy atom. The van der Waals surface area contributed by atoms with Gasteiger partial charge in [0.1, 0.15) is 5.69 Å². The van der Waals surface area contributed by atoms with Crippen molar-refractivity contribution in [1.82, 2.24) is 9.46 Å². The van der Waals surface area contributed by atoms with Gasteiger partial charge in [0.15, 0.2) is 16.2 Å². The van der Waals surface area contributed by atoms with Gasteiger partial charge in [0.05, 0.1) is 18.5 Å². The molecule has 0 aliphatic carbocycles. The van der Waals surface area contributed by atoms with Crippen molar-refractivity contribution in [3.05, 3.63) is 77.2 Å². The van der Waals surface area contributed by atoms with Crippen molar-refractivity contribution < 1.29 is 18.1 Å². The van der Waals surface area contributed by atoms with Crippen LogP contribution in [-0.2, 0) is 31.4 Å². The van der Waals surface area contributed by atoms with Crippen molar-refractivity contribution in [2.75, 3.05) is 18.0 Å². The van der Waals surface area contributed by atoms with Gasteiger partial charge < -0.3 is 14.0 Å². The Bertz CT molecular complexity index is 1190. The first-order valence-corrected chi connectivity index (χ1v) is 11.7. The van der Waals surface area contributed by atoms with Gasteiger partial charge in [-0.1, -0.05) is 57.9 Å². The Morgan fingerprint density at radius 3 is 2.55 bits per heavy atom. The number of rotatable bonds is 4. The van der Waals surface area contributed by atoms with Crippen molar-refractivity contribution >= 4 is 22.0 Å². The maximum atomic E-state index is 13.8. The van der Waals surface area contributed by atoms with Crippen LogP contribution in [0.2, 0.25) is 0 Å². The molecule has 7 nitrogen and oxygen atoms in total. The first kappa shape index (κ1) is 20.1. The van der Waals surface area contributed by atoms with E-state index in [-0.39, 0.29) is 29.7 Å². The standard InChI is InChI=1S/C23H23N3O4S/c1-16-21(17(2)30-24-16)31(28,29)25-13-12-23(15-25)19-10-6-7-11-20(19)26(22(23)27)14-18-8-4-3-5-9-18/h3-11H,12-15H2,1-2H3. The molecule has 0 N–H and O–H groups in total. The van der Waals surface area contributed by atoms with Crippen LogP contribution in [0.4, 0.5) is 5.69 Å². The number of amides is 1. The fourth-order valence-corrected chi connectivity index (χ4v) is 6.66. The van der Waals surface area contributed by atoms with Gasteiger partial charge in [-0.25, -0.2) is 0 Å². The van der Waals surface area contributed by atoms with Crippen molar-refractivity contribution in [1.29, 1.82) is 0 Å². The summed E-state index contributed by atoms with van der Waals surface area (Å²) in [5.74, 6) is 0.219. The zero-order valence-corrected chi connectivity index (χ0v) is 18.2. The summed E-state index contributed by atoms with van der Waals surface area (Å²) >= 11 is 0. The SMILES string of the molecule is Cc1noc(C)c1[S+](=O)([O-])N1CCC2(C1)C(=O)N(Cc1ccccc1)c1ccccc12. The minimum Gasteiger partial charge on any atom is -0.593 e. The Hall–Kier alpha value is -2.81. The highest BCUT2D eigenvalue weighted by molar-refractivity contribution is 7.95. The van der Waals surface area contributed by atoms with Gasteiger partial charge in [0.25, 0.3) is 0 Å². The molecule has 8 heteroatoms. The molecule has 1 spiro atoms. The number of hydrogen-bond donors (Lipinski definition) is 0. The lowest BCUT2D eigenvalue weighted by atomic mass is 9.81. The van der Waals surface area contributed by atoms with E-state index in [2.05, 4.69) is 5.16 Å². The molecule has 160 valence electrons. The maximum Gasteiger partial charge on any atom is 0.240 e. The molecule has 0 bridgehead atoms. The monoisotopic (exact) mass is 437 g/mol. The van der Waals surface area contributed by atoms with Crippen LogP contribution in [0.1, 0.15) is 29.0 Å².